The molecule has 184 valence electrons. The summed E-state index contributed by atoms with van der Waals surface area (Å²) >= 11 is 0. The number of nitrogens with one attached hydrogen (secondary N) is 1. The van der Waals surface area contributed by atoms with Gasteiger partial charge in [0, 0.05) is 23.8 Å². The summed E-state index contributed by atoms with van der Waals surface area (Å²) in [7, 11) is 3.05. The van der Waals surface area contributed by atoms with E-state index in [0.29, 0.717) is 52.4 Å². The molecule has 7 nitrogen and oxygen atoms in total. The van der Waals surface area contributed by atoms with Gasteiger partial charge in [-0.15, -0.1) is 0 Å². The average molecular weight is 477 g/mol. The van der Waals surface area contributed by atoms with Gasteiger partial charge in [-0.25, -0.2) is 0 Å². The Balaban J connectivity index is 1.75. The van der Waals surface area contributed by atoms with Crippen molar-refractivity contribution in [1.29, 1.82) is 0 Å². The third kappa shape index (κ3) is 5.34. The Hall–Kier alpha value is -3.74. The zero-order chi connectivity index (χ0) is 24.8. The second-order valence-corrected chi connectivity index (χ2v) is 8.51. The van der Waals surface area contributed by atoms with Crippen molar-refractivity contribution in [1.82, 2.24) is 9.88 Å². The Morgan fingerprint density at radius 2 is 1.74 bits per heavy atom. The summed E-state index contributed by atoms with van der Waals surface area (Å²) in [5.74, 6) is 1.36. The number of hydrogen-bond acceptors (Lipinski definition) is 5. The Kier molecular flexibility index (Phi) is 7.75. The molecule has 1 aliphatic carbocycles. The van der Waals surface area contributed by atoms with Gasteiger partial charge in [-0.3, -0.25) is 14.2 Å². The number of hydrogen-bond donors (Lipinski definition) is 1. The van der Waals surface area contributed by atoms with E-state index in [2.05, 4.69) is 11.4 Å². The summed E-state index contributed by atoms with van der Waals surface area (Å²) in [6.07, 6.45) is 9.37. The van der Waals surface area contributed by atoms with E-state index in [9.17, 15) is 9.59 Å². The van der Waals surface area contributed by atoms with E-state index in [4.69, 9.17) is 14.2 Å². The molecule has 0 saturated heterocycles. The Morgan fingerprint density at radius 3 is 2.37 bits per heavy atom. The molecule has 1 amide bonds. The molecule has 7 heteroatoms. The van der Waals surface area contributed by atoms with E-state index in [-0.39, 0.29) is 11.5 Å². The minimum atomic E-state index is -0.256. The zero-order valence-corrected chi connectivity index (χ0v) is 20.6. The van der Waals surface area contributed by atoms with E-state index < -0.39 is 0 Å². The maximum absolute atomic E-state index is 13.5. The summed E-state index contributed by atoms with van der Waals surface area (Å²) < 4.78 is 17.9. The molecule has 0 atom stereocenters. The average Bonchev–Trinajstić information content (AvgIpc) is 2.89. The molecule has 0 radical (unpaired) electrons. The predicted octanol–water partition coefficient (Wildman–Crippen LogP) is 5.03. The number of allylic oxidation sites excluding steroid dienone is 1. The number of rotatable bonds is 9. The second kappa shape index (κ2) is 11.1. The molecule has 1 N–H and O–H groups in total. The topological polar surface area (TPSA) is 78.8 Å². The summed E-state index contributed by atoms with van der Waals surface area (Å²) in [4.78, 5) is 26.8. The number of pyridine rings is 1. The normalized spacial score (nSPS) is 13.3. The van der Waals surface area contributed by atoms with Gasteiger partial charge >= 0.3 is 0 Å². The SMILES string of the molecule is CCOc1ccc(-n2cc(C(=O)NCCC3=CCCCC3)c3cc(OC)c(OC)cc3c2=O)cc1. The van der Waals surface area contributed by atoms with Gasteiger partial charge < -0.3 is 19.5 Å². The van der Waals surface area contributed by atoms with E-state index in [0.717, 1.165) is 19.3 Å². The van der Waals surface area contributed by atoms with Crippen molar-refractivity contribution in [2.24, 2.45) is 0 Å². The molecular weight excluding hydrogens is 444 g/mol. The van der Waals surface area contributed by atoms with E-state index in [1.807, 2.05) is 19.1 Å². The van der Waals surface area contributed by atoms with Crippen LogP contribution in [0.1, 0.15) is 49.4 Å². The minimum Gasteiger partial charge on any atom is -0.494 e. The highest BCUT2D eigenvalue weighted by molar-refractivity contribution is 6.07. The lowest BCUT2D eigenvalue weighted by Crippen LogP contribution is -2.28. The maximum atomic E-state index is 13.5. The van der Waals surface area contributed by atoms with Crippen LogP contribution in [0.2, 0.25) is 0 Å². The largest absolute Gasteiger partial charge is 0.494 e. The van der Waals surface area contributed by atoms with Crippen molar-refractivity contribution in [3.8, 4) is 22.9 Å². The van der Waals surface area contributed by atoms with Gasteiger partial charge in [0.05, 0.1) is 31.8 Å². The van der Waals surface area contributed by atoms with E-state index in [1.54, 1.807) is 30.5 Å². The molecular formula is C28H32N2O5. The van der Waals surface area contributed by atoms with Crippen LogP contribution in [-0.4, -0.2) is 37.8 Å². The molecule has 2 aromatic carbocycles. The number of benzene rings is 2. The third-order valence-electron chi connectivity index (χ3n) is 6.31. The molecule has 0 saturated carbocycles. The van der Waals surface area contributed by atoms with Crippen LogP contribution >= 0.6 is 0 Å². The summed E-state index contributed by atoms with van der Waals surface area (Å²) in [5.41, 5.74) is 2.17. The van der Waals surface area contributed by atoms with Crippen molar-refractivity contribution in [3.05, 3.63) is 70.2 Å². The molecule has 1 aliphatic rings. The molecule has 35 heavy (non-hydrogen) atoms. The Bertz CT molecular complexity index is 1290. The lowest BCUT2D eigenvalue weighted by molar-refractivity contribution is 0.0955. The first kappa shape index (κ1) is 24.4. The van der Waals surface area contributed by atoms with Gasteiger partial charge in [0.1, 0.15) is 5.75 Å². The molecule has 0 aliphatic heterocycles. The summed E-state index contributed by atoms with van der Waals surface area (Å²) in [5, 5.41) is 3.93. The van der Waals surface area contributed by atoms with Crippen molar-refractivity contribution in [2.45, 2.75) is 39.0 Å². The molecule has 0 fully saturated rings. The number of carbonyl (C=O) groups excluding carboxylic acids is 1. The molecule has 0 bridgehead atoms. The van der Waals surface area contributed by atoms with Crippen molar-refractivity contribution in [2.75, 3.05) is 27.4 Å². The van der Waals surface area contributed by atoms with Gasteiger partial charge in [0.15, 0.2) is 11.5 Å². The van der Waals surface area contributed by atoms with Crippen LogP contribution in [0.5, 0.6) is 17.2 Å². The van der Waals surface area contributed by atoms with Gasteiger partial charge in [-0.1, -0.05) is 11.6 Å². The fourth-order valence-electron chi connectivity index (χ4n) is 4.47. The van der Waals surface area contributed by atoms with Gasteiger partial charge in [-0.05, 0) is 75.4 Å². The van der Waals surface area contributed by atoms with Crippen LogP contribution in [-0.2, 0) is 0 Å². The molecule has 4 rings (SSSR count). The smallest absolute Gasteiger partial charge is 0.263 e. The highest BCUT2D eigenvalue weighted by atomic mass is 16.5. The summed E-state index contributed by atoms with van der Waals surface area (Å²) in [6, 6.07) is 10.5. The first-order chi connectivity index (χ1) is 17.0. The van der Waals surface area contributed by atoms with Crippen LogP contribution in [0.15, 0.2) is 59.0 Å². The number of methoxy groups -OCH3 is 2. The molecule has 0 spiro atoms. The quantitative estimate of drug-likeness (QED) is 0.439. The first-order valence-electron chi connectivity index (χ1n) is 12.1. The third-order valence-corrected chi connectivity index (χ3v) is 6.31. The minimum absolute atomic E-state index is 0.238. The van der Waals surface area contributed by atoms with Crippen LogP contribution in [0.25, 0.3) is 16.5 Å². The molecule has 1 heterocycles. The second-order valence-electron chi connectivity index (χ2n) is 8.51. The number of carbonyl (C=O) groups is 1. The number of amides is 1. The van der Waals surface area contributed by atoms with Crippen LogP contribution in [0.3, 0.4) is 0 Å². The molecule has 3 aromatic rings. The summed E-state index contributed by atoms with van der Waals surface area (Å²) in [6.45, 7) is 3.01. The fourth-order valence-corrected chi connectivity index (χ4v) is 4.47. The lowest BCUT2D eigenvalue weighted by Gasteiger charge is -2.16. The lowest BCUT2D eigenvalue weighted by atomic mass is 9.97. The van der Waals surface area contributed by atoms with Crippen molar-refractivity contribution < 1.29 is 19.0 Å². The van der Waals surface area contributed by atoms with Gasteiger partial charge in [0.2, 0.25) is 0 Å². The van der Waals surface area contributed by atoms with Crippen LogP contribution < -0.4 is 25.1 Å². The van der Waals surface area contributed by atoms with Crippen molar-refractivity contribution >= 4 is 16.7 Å². The molecule has 1 aromatic heterocycles. The standard InChI is InChI=1S/C28H32N2O5/c1-4-35-21-12-10-20(11-13-21)30-18-24(27(31)29-15-14-19-8-6-5-7-9-19)22-16-25(33-2)26(34-3)17-23(22)28(30)32/h8,10-13,16-18H,4-7,9,14-15H2,1-3H3,(H,29,31). The molecule has 0 unspecified atom stereocenters. The maximum Gasteiger partial charge on any atom is 0.263 e. The van der Waals surface area contributed by atoms with Crippen molar-refractivity contribution in [3.63, 3.8) is 0 Å². The van der Waals surface area contributed by atoms with E-state index in [1.165, 1.54) is 37.2 Å². The zero-order valence-electron chi connectivity index (χ0n) is 20.6. The monoisotopic (exact) mass is 476 g/mol. The van der Waals surface area contributed by atoms with Gasteiger partial charge in [0.25, 0.3) is 11.5 Å². The number of aromatic nitrogens is 1. The first-order valence-corrected chi connectivity index (χ1v) is 12.1. The van der Waals surface area contributed by atoms with Gasteiger partial charge in [-0.2, -0.15) is 0 Å². The highest BCUT2D eigenvalue weighted by Gasteiger charge is 2.19. The van der Waals surface area contributed by atoms with E-state index >= 15 is 0 Å². The Morgan fingerprint density at radius 1 is 1.03 bits per heavy atom. The number of fused-ring (bicyclic) bond motifs is 1. The number of nitrogens with zero attached hydrogens (tertiary/aromatic N) is 1. The number of ether oxygens (including phenoxy) is 3. The highest BCUT2D eigenvalue weighted by Crippen LogP contribution is 2.33. The fraction of sp³-hybridized carbons (Fsp3) is 0.357. The Labute approximate surface area is 205 Å². The predicted molar refractivity (Wildman–Crippen MR) is 137 cm³/mol. The van der Waals surface area contributed by atoms with Crippen LogP contribution in [0.4, 0.5) is 0 Å². The van der Waals surface area contributed by atoms with Crippen LogP contribution in [0, 0.1) is 0 Å².